The van der Waals surface area contributed by atoms with Gasteiger partial charge in [-0.1, -0.05) is 13.0 Å². The van der Waals surface area contributed by atoms with Gasteiger partial charge >= 0.3 is 0 Å². The number of hydrogen-bond acceptors (Lipinski definition) is 3. The first-order chi connectivity index (χ1) is 6.59. The zero-order chi connectivity index (χ0) is 10.3. The molecular formula is C10H16N2O2. The molecule has 2 rings (SSSR count). The number of hydrogen-bond donors (Lipinski definition) is 0. The summed E-state index contributed by atoms with van der Waals surface area (Å²) in [5, 5.41) is 11.2. The van der Waals surface area contributed by atoms with Gasteiger partial charge in [0.2, 0.25) is 0 Å². The lowest BCUT2D eigenvalue weighted by atomic mass is 9.76. The Bertz CT molecular complexity index is 290. The van der Waals surface area contributed by atoms with Gasteiger partial charge in [0.05, 0.1) is 6.04 Å². The summed E-state index contributed by atoms with van der Waals surface area (Å²) in [4.78, 5) is 13.2. The molecule has 1 aliphatic carbocycles. The molecule has 0 amide bonds. The monoisotopic (exact) mass is 196 g/mol. The molecule has 0 unspecified atom stereocenters. The van der Waals surface area contributed by atoms with E-state index in [1.807, 2.05) is 7.05 Å². The third kappa shape index (κ3) is 1.03. The molecule has 2 fully saturated rings. The molecule has 2 atom stereocenters. The minimum atomic E-state index is -0.826. The van der Waals surface area contributed by atoms with Crippen LogP contribution in [-0.2, 0) is 0 Å². The fourth-order valence-electron chi connectivity index (χ4n) is 3.03. The highest BCUT2D eigenvalue weighted by Crippen LogP contribution is 2.43. The Hall–Kier alpha value is -0.900. The van der Waals surface area contributed by atoms with Gasteiger partial charge in [0.25, 0.3) is 5.54 Å². The van der Waals surface area contributed by atoms with E-state index in [4.69, 9.17) is 0 Å². The maximum Gasteiger partial charge on any atom is 0.259 e. The second-order valence-corrected chi connectivity index (χ2v) is 4.46. The second-order valence-electron chi connectivity index (χ2n) is 4.46. The molecule has 1 saturated heterocycles. The van der Waals surface area contributed by atoms with Crippen molar-refractivity contribution in [3.63, 3.8) is 0 Å². The van der Waals surface area contributed by atoms with Crippen LogP contribution in [0.1, 0.15) is 25.7 Å². The zero-order valence-electron chi connectivity index (χ0n) is 8.53. The van der Waals surface area contributed by atoms with E-state index in [9.17, 15) is 10.1 Å². The first-order valence-electron chi connectivity index (χ1n) is 5.12. The van der Waals surface area contributed by atoms with E-state index in [-0.39, 0.29) is 11.0 Å². The summed E-state index contributed by atoms with van der Waals surface area (Å²) in [6.07, 6.45) is 3.69. The van der Waals surface area contributed by atoms with Crippen LogP contribution in [0.2, 0.25) is 0 Å². The van der Waals surface area contributed by atoms with Crippen molar-refractivity contribution in [2.75, 3.05) is 13.6 Å². The van der Waals surface area contributed by atoms with Gasteiger partial charge in [0.1, 0.15) is 0 Å². The Balaban J connectivity index is 2.40. The van der Waals surface area contributed by atoms with Crippen LogP contribution in [-0.4, -0.2) is 35.0 Å². The number of fused-ring (bicyclic) bond motifs is 1. The fraction of sp³-hybridized carbons (Fsp3) is 0.800. The Morgan fingerprint density at radius 3 is 2.93 bits per heavy atom. The van der Waals surface area contributed by atoms with Crippen LogP contribution < -0.4 is 0 Å². The molecule has 78 valence electrons. The van der Waals surface area contributed by atoms with Gasteiger partial charge in [-0.25, -0.2) is 0 Å². The van der Waals surface area contributed by atoms with Crippen molar-refractivity contribution in [1.29, 1.82) is 0 Å². The van der Waals surface area contributed by atoms with Crippen LogP contribution in [0, 0.1) is 10.1 Å². The molecule has 0 radical (unpaired) electrons. The molecule has 0 bridgehead atoms. The highest BCUT2D eigenvalue weighted by molar-refractivity contribution is 5.26. The summed E-state index contributed by atoms with van der Waals surface area (Å²) < 4.78 is 0. The standard InChI is InChI=1S/C10H16N2O2/c1-8-7-11(2)9-5-3-4-6-10(8,9)12(13)14/h9H,1,3-7H2,2H3/t9-,10+/m0/s1. The van der Waals surface area contributed by atoms with Crippen molar-refractivity contribution in [2.24, 2.45) is 0 Å². The van der Waals surface area contributed by atoms with Crippen LogP contribution >= 0.6 is 0 Å². The van der Waals surface area contributed by atoms with E-state index in [1.54, 1.807) is 0 Å². The first kappa shape index (κ1) is 9.65. The summed E-state index contributed by atoms with van der Waals surface area (Å²) in [6, 6.07) is 0.0822. The normalized spacial score (nSPS) is 38.4. The van der Waals surface area contributed by atoms with Gasteiger partial charge in [-0.3, -0.25) is 15.0 Å². The second kappa shape index (κ2) is 3.05. The molecular weight excluding hydrogens is 180 g/mol. The number of likely N-dealkylation sites (N-methyl/N-ethyl adjacent to an activating group) is 1. The predicted molar refractivity (Wildman–Crippen MR) is 53.8 cm³/mol. The molecule has 14 heavy (non-hydrogen) atoms. The molecule has 0 aromatic rings. The molecule has 1 aliphatic heterocycles. The van der Waals surface area contributed by atoms with E-state index >= 15 is 0 Å². The number of nitrogens with zero attached hydrogens (tertiary/aromatic N) is 2. The highest BCUT2D eigenvalue weighted by atomic mass is 16.6. The maximum atomic E-state index is 11.2. The number of rotatable bonds is 1. The molecule has 0 aromatic heterocycles. The topological polar surface area (TPSA) is 46.4 Å². The summed E-state index contributed by atoms with van der Waals surface area (Å²) in [6.45, 7) is 4.59. The lowest BCUT2D eigenvalue weighted by Gasteiger charge is -2.33. The lowest BCUT2D eigenvalue weighted by Crippen LogP contribution is -2.52. The van der Waals surface area contributed by atoms with Crippen molar-refractivity contribution in [3.8, 4) is 0 Å². The van der Waals surface area contributed by atoms with Crippen LogP contribution in [0.25, 0.3) is 0 Å². The minimum Gasteiger partial charge on any atom is -0.292 e. The third-order valence-electron chi connectivity index (χ3n) is 3.75. The van der Waals surface area contributed by atoms with E-state index in [1.165, 1.54) is 0 Å². The molecule has 4 heteroatoms. The summed E-state index contributed by atoms with van der Waals surface area (Å²) in [7, 11) is 1.96. The summed E-state index contributed by atoms with van der Waals surface area (Å²) >= 11 is 0. The van der Waals surface area contributed by atoms with Crippen molar-refractivity contribution in [2.45, 2.75) is 37.3 Å². The zero-order valence-corrected chi connectivity index (χ0v) is 8.53. The van der Waals surface area contributed by atoms with Gasteiger partial charge in [0.15, 0.2) is 0 Å². The Kier molecular flexibility index (Phi) is 2.10. The van der Waals surface area contributed by atoms with Crippen molar-refractivity contribution < 1.29 is 4.92 Å². The van der Waals surface area contributed by atoms with Crippen LogP contribution in [0.4, 0.5) is 0 Å². The molecule has 4 nitrogen and oxygen atoms in total. The highest BCUT2D eigenvalue weighted by Gasteiger charge is 2.59. The molecule has 0 N–H and O–H groups in total. The Morgan fingerprint density at radius 1 is 1.64 bits per heavy atom. The van der Waals surface area contributed by atoms with Crippen molar-refractivity contribution >= 4 is 0 Å². The third-order valence-corrected chi connectivity index (χ3v) is 3.75. The number of nitro groups is 1. The largest absolute Gasteiger partial charge is 0.292 e. The maximum absolute atomic E-state index is 11.2. The molecule has 2 aliphatic rings. The van der Waals surface area contributed by atoms with E-state index in [0.29, 0.717) is 13.0 Å². The van der Waals surface area contributed by atoms with Crippen LogP contribution in [0.3, 0.4) is 0 Å². The van der Waals surface area contributed by atoms with Crippen molar-refractivity contribution in [3.05, 3.63) is 22.3 Å². The molecule has 1 heterocycles. The molecule has 0 aromatic carbocycles. The lowest BCUT2D eigenvalue weighted by molar-refractivity contribution is -0.565. The van der Waals surface area contributed by atoms with Crippen LogP contribution in [0.5, 0.6) is 0 Å². The van der Waals surface area contributed by atoms with Crippen LogP contribution in [0.15, 0.2) is 12.2 Å². The van der Waals surface area contributed by atoms with Gasteiger partial charge in [-0.2, -0.15) is 0 Å². The molecule has 0 spiro atoms. The van der Waals surface area contributed by atoms with Gasteiger partial charge < -0.3 is 0 Å². The average Bonchev–Trinajstić information content (AvgIpc) is 2.41. The average molecular weight is 196 g/mol. The predicted octanol–water partition coefficient (Wildman–Crippen LogP) is 1.45. The Morgan fingerprint density at radius 2 is 2.36 bits per heavy atom. The quantitative estimate of drug-likeness (QED) is 0.362. The summed E-state index contributed by atoms with van der Waals surface area (Å²) in [5.41, 5.74) is -0.0257. The SMILES string of the molecule is C=C1CN(C)[C@H]2CCCC[C@@]12[N+](=O)[O-]. The Labute approximate surface area is 83.7 Å². The fourth-order valence-corrected chi connectivity index (χ4v) is 3.03. The van der Waals surface area contributed by atoms with E-state index < -0.39 is 5.54 Å². The van der Waals surface area contributed by atoms with Gasteiger partial charge in [-0.15, -0.1) is 0 Å². The smallest absolute Gasteiger partial charge is 0.259 e. The molecule has 1 saturated carbocycles. The van der Waals surface area contributed by atoms with E-state index in [2.05, 4.69) is 11.5 Å². The van der Waals surface area contributed by atoms with Gasteiger partial charge in [0, 0.05) is 23.5 Å². The van der Waals surface area contributed by atoms with E-state index in [0.717, 1.165) is 24.8 Å². The first-order valence-corrected chi connectivity index (χ1v) is 5.12. The van der Waals surface area contributed by atoms with Crippen molar-refractivity contribution in [1.82, 2.24) is 4.90 Å². The summed E-state index contributed by atoms with van der Waals surface area (Å²) in [5.74, 6) is 0. The van der Waals surface area contributed by atoms with Gasteiger partial charge in [-0.05, 0) is 19.9 Å². The minimum absolute atomic E-state index is 0.0822. The number of likely N-dealkylation sites (tertiary alicyclic amines) is 1.